The van der Waals surface area contributed by atoms with Crippen LogP contribution in [0.1, 0.15) is 19.3 Å². The minimum atomic E-state index is 0.332. The zero-order valence-electron chi connectivity index (χ0n) is 7.16. The molecule has 0 radical (unpaired) electrons. The summed E-state index contributed by atoms with van der Waals surface area (Å²) in [5.41, 5.74) is 1.42. The van der Waals surface area contributed by atoms with Crippen molar-refractivity contribution in [1.29, 1.82) is 0 Å². The molecule has 2 aliphatic rings. The molecule has 0 aromatic rings. The maximum atomic E-state index is 10.8. The quantitative estimate of drug-likeness (QED) is 0.519. The predicted molar refractivity (Wildman–Crippen MR) is 50.5 cm³/mol. The van der Waals surface area contributed by atoms with Crippen LogP contribution in [0, 0.1) is 11.8 Å². The summed E-state index contributed by atoms with van der Waals surface area (Å²) < 4.78 is 0. The Morgan fingerprint density at radius 2 is 2.08 bits per heavy atom. The third kappa shape index (κ3) is 1.20. The van der Waals surface area contributed by atoms with Gasteiger partial charge in [-0.1, -0.05) is 11.6 Å². The molecule has 0 spiro atoms. The Labute approximate surface area is 81.9 Å². The lowest BCUT2D eigenvalue weighted by Crippen LogP contribution is -2.12. The molecule has 1 N–H and O–H groups in total. The van der Waals surface area contributed by atoms with Crippen LogP contribution in [-0.4, -0.2) is 11.4 Å². The summed E-state index contributed by atoms with van der Waals surface area (Å²) in [4.78, 5) is 10.8. The van der Waals surface area contributed by atoms with Crippen LogP contribution in [-0.2, 0) is 4.79 Å². The van der Waals surface area contributed by atoms with E-state index in [0.29, 0.717) is 22.4 Å². The smallest absolute Gasteiger partial charge is 0.147 e. The van der Waals surface area contributed by atoms with Crippen molar-refractivity contribution in [3.63, 3.8) is 0 Å². The third-order valence-electron chi connectivity index (χ3n) is 3.09. The van der Waals surface area contributed by atoms with E-state index < -0.39 is 0 Å². The second kappa shape index (κ2) is 3.18. The second-order valence-electron chi connectivity index (χ2n) is 3.68. The summed E-state index contributed by atoms with van der Waals surface area (Å²) >= 11 is 6.00. The van der Waals surface area contributed by atoms with Gasteiger partial charge in [0.25, 0.3) is 0 Å². The van der Waals surface area contributed by atoms with Crippen LogP contribution in [0.5, 0.6) is 0 Å². The number of aliphatic hydroxyl groups is 1. The van der Waals surface area contributed by atoms with Crippen LogP contribution in [0.2, 0.25) is 0 Å². The molecule has 0 aliphatic heterocycles. The number of rotatable bonds is 1. The van der Waals surface area contributed by atoms with E-state index in [2.05, 4.69) is 0 Å². The summed E-state index contributed by atoms with van der Waals surface area (Å²) in [6, 6.07) is 0. The molecule has 1 saturated carbocycles. The summed E-state index contributed by atoms with van der Waals surface area (Å²) in [5.74, 6) is 0.699. The number of carbonyl (C=O) groups is 1. The van der Waals surface area contributed by atoms with Crippen molar-refractivity contribution in [3.05, 3.63) is 22.4 Å². The van der Waals surface area contributed by atoms with Gasteiger partial charge < -0.3 is 5.11 Å². The molecule has 2 aliphatic carbocycles. The third-order valence-corrected chi connectivity index (χ3v) is 3.52. The van der Waals surface area contributed by atoms with Gasteiger partial charge in [-0.15, -0.1) is 0 Å². The molecule has 2 atom stereocenters. The Morgan fingerprint density at radius 3 is 2.69 bits per heavy atom. The van der Waals surface area contributed by atoms with Crippen LogP contribution in [0.25, 0.3) is 0 Å². The van der Waals surface area contributed by atoms with Crippen LogP contribution in [0.4, 0.5) is 0 Å². The lowest BCUT2D eigenvalue weighted by atomic mass is 9.86. The first kappa shape index (κ1) is 8.82. The molecule has 0 aromatic carbocycles. The first-order valence-corrected chi connectivity index (χ1v) is 4.85. The Hall–Kier alpha value is -0.760. The van der Waals surface area contributed by atoms with Crippen molar-refractivity contribution in [1.82, 2.24) is 0 Å². The van der Waals surface area contributed by atoms with Gasteiger partial charge in [-0.2, -0.15) is 0 Å². The predicted octanol–water partition coefficient (Wildman–Crippen LogP) is 2.55. The van der Waals surface area contributed by atoms with Crippen molar-refractivity contribution < 1.29 is 9.90 Å². The van der Waals surface area contributed by atoms with Gasteiger partial charge in [-0.05, 0) is 31.1 Å². The minimum absolute atomic E-state index is 0.332. The maximum Gasteiger partial charge on any atom is 0.147 e. The highest BCUT2D eigenvalue weighted by Crippen LogP contribution is 2.48. The maximum absolute atomic E-state index is 10.8. The normalized spacial score (nSPS) is 35.6. The Balaban J connectivity index is 2.48. The largest absolute Gasteiger partial charge is 0.515 e. The number of aldehydes is 1. The van der Waals surface area contributed by atoms with Crippen molar-refractivity contribution in [2.24, 2.45) is 11.8 Å². The number of fused-ring (bicyclic) bond motifs is 2. The Morgan fingerprint density at radius 1 is 1.38 bits per heavy atom. The zero-order valence-corrected chi connectivity index (χ0v) is 7.92. The summed E-state index contributed by atoms with van der Waals surface area (Å²) in [6.45, 7) is 0. The summed E-state index contributed by atoms with van der Waals surface area (Å²) in [6.07, 6.45) is 4.91. The molecule has 2 bridgehead atoms. The molecule has 0 aromatic heterocycles. The Bertz CT molecular complexity index is 304. The molecule has 1 fully saturated rings. The van der Waals surface area contributed by atoms with Crippen LogP contribution >= 0.6 is 11.6 Å². The fourth-order valence-corrected chi connectivity index (χ4v) is 2.78. The highest BCUT2D eigenvalue weighted by molar-refractivity contribution is 6.33. The SMILES string of the molecule is O=CC1=C(Cl)/C(=C/O)C2CCC1C2. The van der Waals surface area contributed by atoms with E-state index >= 15 is 0 Å². The molecule has 70 valence electrons. The number of halogens is 1. The summed E-state index contributed by atoms with van der Waals surface area (Å²) in [7, 11) is 0. The first-order chi connectivity index (χ1) is 6.27. The minimum Gasteiger partial charge on any atom is -0.515 e. The fraction of sp³-hybridized carbons (Fsp3) is 0.500. The Kier molecular flexibility index (Phi) is 2.16. The van der Waals surface area contributed by atoms with Crippen molar-refractivity contribution in [3.8, 4) is 0 Å². The highest BCUT2D eigenvalue weighted by Gasteiger charge is 2.37. The van der Waals surface area contributed by atoms with Gasteiger partial charge in [0.2, 0.25) is 0 Å². The van der Waals surface area contributed by atoms with E-state index in [4.69, 9.17) is 16.7 Å². The van der Waals surface area contributed by atoms with Crippen LogP contribution in [0.3, 0.4) is 0 Å². The van der Waals surface area contributed by atoms with Crippen molar-refractivity contribution >= 4 is 17.9 Å². The monoisotopic (exact) mass is 198 g/mol. The number of allylic oxidation sites excluding steroid dienone is 3. The average Bonchev–Trinajstić information content (AvgIpc) is 2.52. The van der Waals surface area contributed by atoms with Gasteiger partial charge in [-0.25, -0.2) is 0 Å². The number of carbonyl (C=O) groups excluding carboxylic acids is 1. The molecule has 0 saturated heterocycles. The van der Waals surface area contributed by atoms with Gasteiger partial charge in [0.1, 0.15) is 6.29 Å². The van der Waals surface area contributed by atoms with E-state index in [1.807, 2.05) is 0 Å². The lowest BCUT2D eigenvalue weighted by Gasteiger charge is -2.21. The van der Waals surface area contributed by atoms with E-state index in [0.717, 1.165) is 37.4 Å². The molecule has 13 heavy (non-hydrogen) atoms. The molecule has 2 unspecified atom stereocenters. The number of hydrogen-bond acceptors (Lipinski definition) is 2. The van der Waals surface area contributed by atoms with Crippen LogP contribution < -0.4 is 0 Å². The van der Waals surface area contributed by atoms with E-state index in [9.17, 15) is 4.79 Å². The first-order valence-electron chi connectivity index (χ1n) is 4.47. The van der Waals surface area contributed by atoms with E-state index in [1.54, 1.807) is 0 Å². The molecular formula is C10H11ClO2. The van der Waals surface area contributed by atoms with Gasteiger partial charge in [0, 0.05) is 11.1 Å². The van der Waals surface area contributed by atoms with E-state index in [-0.39, 0.29) is 0 Å². The lowest BCUT2D eigenvalue weighted by molar-refractivity contribution is -0.105. The van der Waals surface area contributed by atoms with E-state index in [1.165, 1.54) is 0 Å². The highest BCUT2D eigenvalue weighted by atomic mass is 35.5. The summed E-state index contributed by atoms with van der Waals surface area (Å²) in [5, 5.41) is 9.48. The topological polar surface area (TPSA) is 37.3 Å². The zero-order chi connectivity index (χ0) is 9.42. The standard InChI is InChI=1S/C10H11ClO2/c11-10-8(4-12)6-1-2-7(3-6)9(10)5-13/h4-7,12H,1-3H2/b8-4+. The van der Waals surface area contributed by atoms with Gasteiger partial charge >= 0.3 is 0 Å². The molecular weight excluding hydrogens is 188 g/mol. The molecule has 2 rings (SSSR count). The number of aliphatic hydroxyl groups excluding tert-OH is 1. The average molecular weight is 199 g/mol. The molecule has 0 amide bonds. The van der Waals surface area contributed by atoms with Gasteiger partial charge in [0.05, 0.1) is 11.3 Å². The van der Waals surface area contributed by atoms with Crippen LogP contribution in [0.15, 0.2) is 22.4 Å². The van der Waals surface area contributed by atoms with Crippen molar-refractivity contribution in [2.45, 2.75) is 19.3 Å². The van der Waals surface area contributed by atoms with Crippen molar-refractivity contribution in [2.75, 3.05) is 0 Å². The number of hydrogen-bond donors (Lipinski definition) is 1. The van der Waals surface area contributed by atoms with Gasteiger partial charge in [0.15, 0.2) is 0 Å². The fourth-order valence-electron chi connectivity index (χ4n) is 2.38. The second-order valence-corrected chi connectivity index (χ2v) is 4.06. The molecule has 0 heterocycles. The molecule has 2 nitrogen and oxygen atoms in total. The van der Waals surface area contributed by atoms with Gasteiger partial charge in [-0.3, -0.25) is 4.79 Å². The molecule has 3 heteroatoms.